The summed E-state index contributed by atoms with van der Waals surface area (Å²) in [5, 5.41) is 21.5. The standard InChI is InChI=1S/C42H58O5/c1-29(18-14-19-31(3)22-23-37-40(8,9)27-35(46-33(5)43)28-41(37,10)45)16-12-13-17-30(2)20-15-21-32(4)36-24-38-39(6,7)25-34(44)26-42(38,11)47-36/h12-22,24,34-36,44-45H,25-28H2,1-11H3/b13-12+,18-14+,20-15+,29-16+,30-17+,31-19+,32-21+/t23?,34-,35-,36+,41+,42+/m0/s1. The molecule has 0 saturated heterocycles. The van der Waals surface area contributed by atoms with Crippen molar-refractivity contribution < 1.29 is 24.5 Å². The second-order valence-corrected chi connectivity index (χ2v) is 15.5. The van der Waals surface area contributed by atoms with Gasteiger partial charge in [-0.2, -0.15) is 0 Å². The molecule has 0 aromatic carbocycles. The van der Waals surface area contributed by atoms with E-state index in [0.29, 0.717) is 19.3 Å². The smallest absolute Gasteiger partial charge is 0.302 e. The number of carbonyl (C=O) groups is 1. The third-order valence-electron chi connectivity index (χ3n) is 9.44. The number of allylic oxidation sites excluding steroid dienone is 13. The zero-order valence-corrected chi connectivity index (χ0v) is 30.6. The lowest BCUT2D eigenvalue weighted by Crippen LogP contribution is -2.46. The Labute approximate surface area is 284 Å². The molecule has 5 atom stereocenters. The summed E-state index contributed by atoms with van der Waals surface area (Å²) in [6, 6.07) is 0. The highest BCUT2D eigenvalue weighted by molar-refractivity contribution is 5.66. The van der Waals surface area contributed by atoms with Gasteiger partial charge in [-0.15, -0.1) is 5.73 Å². The van der Waals surface area contributed by atoms with E-state index in [2.05, 4.69) is 104 Å². The third kappa shape index (κ3) is 10.6. The van der Waals surface area contributed by atoms with Crippen LogP contribution in [0.25, 0.3) is 0 Å². The van der Waals surface area contributed by atoms with Crippen molar-refractivity contribution in [3.05, 3.63) is 112 Å². The number of hydrogen-bond acceptors (Lipinski definition) is 5. The van der Waals surface area contributed by atoms with Crippen LogP contribution in [0.5, 0.6) is 0 Å². The van der Waals surface area contributed by atoms with E-state index in [9.17, 15) is 15.0 Å². The van der Waals surface area contributed by atoms with E-state index >= 15 is 0 Å². The summed E-state index contributed by atoms with van der Waals surface area (Å²) in [5.74, 6) is -0.318. The van der Waals surface area contributed by atoms with Crippen LogP contribution in [0.15, 0.2) is 112 Å². The Kier molecular flexibility index (Phi) is 12.5. The summed E-state index contributed by atoms with van der Waals surface area (Å²) in [6.45, 7) is 22.1. The Balaban J connectivity index is 1.56. The molecule has 5 heteroatoms. The number of aliphatic hydroxyl groups excluding tert-OH is 1. The molecule has 47 heavy (non-hydrogen) atoms. The zero-order chi connectivity index (χ0) is 35.2. The molecule has 2 fully saturated rings. The van der Waals surface area contributed by atoms with Crippen molar-refractivity contribution in [2.75, 3.05) is 0 Å². The molecule has 0 bridgehead atoms. The van der Waals surface area contributed by atoms with Crippen LogP contribution in [-0.2, 0) is 14.3 Å². The minimum atomic E-state index is -1.10. The molecule has 0 unspecified atom stereocenters. The summed E-state index contributed by atoms with van der Waals surface area (Å²) in [5.41, 5.74) is 8.03. The SMILES string of the molecule is CC(=O)O[C@H]1CC(C)(C)C(=C=C/C(C)=C/C=C/C(C)=C/C=C/C=C(C)/C=C/C=C(\C)[C@H]2C=C3C(C)(C)C[C@H](O)C[C@@]3(C)O2)[C@](C)(O)C1. The van der Waals surface area contributed by atoms with Crippen LogP contribution >= 0.6 is 0 Å². The summed E-state index contributed by atoms with van der Waals surface area (Å²) in [4.78, 5) is 11.5. The normalized spacial score (nSPS) is 31.7. The van der Waals surface area contributed by atoms with Crippen molar-refractivity contribution in [2.45, 2.75) is 131 Å². The number of hydrogen-bond donors (Lipinski definition) is 2. The van der Waals surface area contributed by atoms with Crippen LogP contribution in [0.4, 0.5) is 0 Å². The molecular formula is C42H58O5. The van der Waals surface area contributed by atoms with Crippen molar-refractivity contribution in [3.63, 3.8) is 0 Å². The fraction of sp³-hybridized carbons (Fsp3) is 0.524. The maximum Gasteiger partial charge on any atom is 0.302 e. The molecule has 0 amide bonds. The van der Waals surface area contributed by atoms with E-state index in [0.717, 1.165) is 34.3 Å². The fourth-order valence-electron chi connectivity index (χ4n) is 7.49. The quantitative estimate of drug-likeness (QED) is 0.113. The predicted molar refractivity (Wildman–Crippen MR) is 194 cm³/mol. The molecule has 2 N–H and O–H groups in total. The molecule has 256 valence electrons. The molecule has 2 saturated carbocycles. The van der Waals surface area contributed by atoms with E-state index in [-0.39, 0.29) is 35.1 Å². The molecular weight excluding hydrogens is 584 g/mol. The van der Waals surface area contributed by atoms with Crippen LogP contribution in [0.1, 0.15) is 102 Å². The highest BCUT2D eigenvalue weighted by Gasteiger charge is 2.50. The van der Waals surface area contributed by atoms with Crippen LogP contribution in [0.3, 0.4) is 0 Å². The topological polar surface area (TPSA) is 76.0 Å². The van der Waals surface area contributed by atoms with Crippen molar-refractivity contribution >= 4 is 5.97 Å². The number of aliphatic hydroxyl groups is 2. The Morgan fingerprint density at radius 1 is 0.809 bits per heavy atom. The predicted octanol–water partition coefficient (Wildman–Crippen LogP) is 9.29. The third-order valence-corrected chi connectivity index (χ3v) is 9.44. The highest BCUT2D eigenvalue weighted by atomic mass is 16.5. The van der Waals surface area contributed by atoms with Gasteiger partial charge >= 0.3 is 5.97 Å². The molecule has 0 aromatic rings. The molecule has 1 aliphatic heterocycles. The molecule has 0 aromatic heterocycles. The summed E-state index contributed by atoms with van der Waals surface area (Å²) >= 11 is 0. The first-order valence-electron chi connectivity index (χ1n) is 16.9. The van der Waals surface area contributed by atoms with Crippen LogP contribution in [0, 0.1) is 10.8 Å². The number of carbonyl (C=O) groups excluding carboxylic acids is 1. The first kappa shape index (κ1) is 38.2. The first-order valence-corrected chi connectivity index (χ1v) is 16.9. The van der Waals surface area contributed by atoms with Crippen LogP contribution in [-0.4, -0.2) is 45.7 Å². The van der Waals surface area contributed by atoms with Gasteiger partial charge in [-0.05, 0) is 94.1 Å². The van der Waals surface area contributed by atoms with Crippen molar-refractivity contribution in [1.82, 2.24) is 0 Å². The second-order valence-electron chi connectivity index (χ2n) is 15.5. The average Bonchev–Trinajstić information content (AvgIpc) is 3.27. The van der Waals surface area contributed by atoms with Crippen LogP contribution < -0.4 is 0 Å². The van der Waals surface area contributed by atoms with Gasteiger partial charge in [-0.25, -0.2) is 0 Å². The summed E-state index contributed by atoms with van der Waals surface area (Å²) < 4.78 is 11.9. The van der Waals surface area contributed by atoms with Gasteiger partial charge in [0.25, 0.3) is 0 Å². The Morgan fingerprint density at radius 3 is 1.96 bits per heavy atom. The molecule has 1 heterocycles. The number of esters is 1. The largest absolute Gasteiger partial charge is 0.462 e. The van der Waals surface area contributed by atoms with Crippen molar-refractivity contribution in [3.8, 4) is 0 Å². The molecule has 0 radical (unpaired) electrons. The molecule has 0 spiro atoms. The minimum Gasteiger partial charge on any atom is -0.462 e. The molecule has 3 aliphatic rings. The minimum absolute atomic E-state index is 0.0621. The monoisotopic (exact) mass is 642 g/mol. The lowest BCUT2D eigenvalue weighted by molar-refractivity contribution is -0.152. The van der Waals surface area contributed by atoms with E-state index in [4.69, 9.17) is 9.47 Å². The lowest BCUT2D eigenvalue weighted by atomic mass is 9.65. The fourth-order valence-corrected chi connectivity index (χ4v) is 7.49. The molecule has 3 rings (SSSR count). The van der Waals surface area contributed by atoms with E-state index in [1.807, 2.05) is 37.3 Å². The first-order chi connectivity index (χ1) is 21.7. The maximum atomic E-state index is 11.5. The number of rotatable bonds is 9. The van der Waals surface area contributed by atoms with Crippen molar-refractivity contribution in [2.24, 2.45) is 10.8 Å². The summed E-state index contributed by atoms with van der Waals surface area (Å²) in [6.07, 6.45) is 26.5. The maximum absolute atomic E-state index is 11.5. The van der Waals surface area contributed by atoms with Gasteiger partial charge in [-0.3, -0.25) is 4.79 Å². The Morgan fingerprint density at radius 2 is 1.38 bits per heavy atom. The molecule has 2 aliphatic carbocycles. The van der Waals surface area contributed by atoms with Gasteiger partial charge in [0.15, 0.2) is 0 Å². The highest BCUT2D eigenvalue weighted by Crippen LogP contribution is 2.52. The van der Waals surface area contributed by atoms with Crippen LogP contribution in [0.2, 0.25) is 0 Å². The van der Waals surface area contributed by atoms with Gasteiger partial charge in [-0.1, -0.05) is 99.6 Å². The average molecular weight is 643 g/mol. The van der Waals surface area contributed by atoms with E-state index in [1.54, 1.807) is 6.92 Å². The molecule has 5 nitrogen and oxygen atoms in total. The van der Waals surface area contributed by atoms with Gasteiger partial charge in [0.1, 0.15) is 6.10 Å². The summed E-state index contributed by atoms with van der Waals surface area (Å²) in [7, 11) is 0. The Bertz CT molecular complexity index is 1470. The van der Waals surface area contributed by atoms with Gasteiger partial charge in [0, 0.05) is 25.3 Å². The zero-order valence-electron chi connectivity index (χ0n) is 30.6. The lowest BCUT2D eigenvalue weighted by Gasteiger charge is -2.44. The van der Waals surface area contributed by atoms with E-state index in [1.165, 1.54) is 12.5 Å². The number of fused-ring (bicyclic) bond motifs is 1. The Hall–Kier alpha value is -3.21. The van der Waals surface area contributed by atoms with Gasteiger partial charge < -0.3 is 19.7 Å². The number of ether oxygens (including phenoxy) is 2. The second kappa shape index (κ2) is 15.3. The van der Waals surface area contributed by atoms with E-state index < -0.39 is 11.2 Å². The van der Waals surface area contributed by atoms with Gasteiger partial charge in [0.05, 0.1) is 23.4 Å². The van der Waals surface area contributed by atoms with Gasteiger partial charge in [0.2, 0.25) is 0 Å². The van der Waals surface area contributed by atoms with Crippen molar-refractivity contribution in [1.29, 1.82) is 0 Å².